The Labute approximate surface area is 282 Å². The first-order chi connectivity index (χ1) is 22.8. The van der Waals surface area contributed by atoms with E-state index >= 15 is 0 Å². The van der Waals surface area contributed by atoms with Crippen molar-refractivity contribution in [2.24, 2.45) is 5.92 Å². The fraction of sp³-hybridized carbons (Fsp3) is 0.571. The van der Waals surface area contributed by atoms with Crippen LogP contribution in [0.15, 0.2) is 48.6 Å². The van der Waals surface area contributed by atoms with Gasteiger partial charge in [0.05, 0.1) is 27.4 Å². The number of esters is 1. The Balaban J connectivity index is 1.39. The van der Waals surface area contributed by atoms with E-state index in [1.165, 1.54) is 14.2 Å². The molecule has 1 aliphatic carbocycles. The summed E-state index contributed by atoms with van der Waals surface area (Å²) in [6.07, 6.45) is 8.50. The number of alkyl halides is 1. The van der Waals surface area contributed by atoms with E-state index in [2.05, 4.69) is 52.2 Å². The summed E-state index contributed by atoms with van der Waals surface area (Å²) in [5, 5.41) is 3.15. The van der Waals surface area contributed by atoms with Crippen molar-refractivity contribution in [2.75, 3.05) is 66.8 Å². The summed E-state index contributed by atoms with van der Waals surface area (Å²) in [5.74, 6) is -0.0212. The molecule has 12 heteroatoms. The Morgan fingerprint density at radius 3 is 2.49 bits per heavy atom. The fourth-order valence-corrected chi connectivity index (χ4v) is 6.81. The van der Waals surface area contributed by atoms with Crippen LogP contribution < -0.4 is 19.5 Å². The Kier molecular flexibility index (Phi) is 12.1. The molecule has 2 saturated heterocycles. The molecule has 1 N–H and O–H groups in total. The van der Waals surface area contributed by atoms with Crippen molar-refractivity contribution in [2.45, 2.75) is 56.2 Å². The molecule has 2 fully saturated rings. The Bertz CT molecular complexity index is 1370. The van der Waals surface area contributed by atoms with Gasteiger partial charge in [-0.05, 0) is 48.9 Å². The molecule has 0 bridgehead atoms. The number of carbonyl (C=O) groups excluding carboxylic acids is 1. The van der Waals surface area contributed by atoms with Crippen LogP contribution >= 0.6 is 11.6 Å². The van der Waals surface area contributed by atoms with Gasteiger partial charge >= 0.3 is 12.0 Å². The van der Waals surface area contributed by atoms with Crippen LogP contribution in [0, 0.1) is 5.92 Å². The number of benzene rings is 1. The molecule has 0 amide bonds. The van der Waals surface area contributed by atoms with Crippen LogP contribution in [0.1, 0.15) is 44.2 Å². The van der Waals surface area contributed by atoms with Gasteiger partial charge in [-0.2, -0.15) is 9.97 Å². The number of nitrogens with zero attached hydrogens (tertiary/aromatic N) is 3. The number of halogens is 1. The van der Waals surface area contributed by atoms with E-state index in [0.717, 1.165) is 69.8 Å². The van der Waals surface area contributed by atoms with E-state index < -0.39 is 10.5 Å². The van der Waals surface area contributed by atoms with Crippen molar-refractivity contribution in [3.05, 3.63) is 59.7 Å². The smallest absolute Gasteiger partial charge is 0.323 e. The normalized spacial score (nSPS) is 24.6. The van der Waals surface area contributed by atoms with Gasteiger partial charge in [-0.25, -0.2) is 0 Å². The zero-order chi connectivity index (χ0) is 33.3. The molecule has 47 heavy (non-hydrogen) atoms. The van der Waals surface area contributed by atoms with Crippen LogP contribution in [0.2, 0.25) is 0 Å². The molecule has 0 saturated carbocycles. The van der Waals surface area contributed by atoms with Gasteiger partial charge in [0.15, 0.2) is 0 Å². The molecule has 2 unspecified atom stereocenters. The summed E-state index contributed by atoms with van der Waals surface area (Å²) in [6, 6.07) is 9.81. The van der Waals surface area contributed by atoms with E-state index in [4.69, 9.17) is 40.0 Å². The molecule has 1 aromatic carbocycles. The summed E-state index contributed by atoms with van der Waals surface area (Å²) >= 11 is 7.80. The van der Waals surface area contributed by atoms with E-state index in [1.807, 2.05) is 30.4 Å². The predicted molar refractivity (Wildman–Crippen MR) is 179 cm³/mol. The molecule has 2 aliphatic heterocycles. The van der Waals surface area contributed by atoms with Crippen LogP contribution in [0.25, 0.3) is 5.57 Å². The highest BCUT2D eigenvalue weighted by molar-refractivity contribution is 6.32. The highest BCUT2D eigenvalue weighted by atomic mass is 35.5. The van der Waals surface area contributed by atoms with E-state index in [0.29, 0.717) is 12.2 Å². The van der Waals surface area contributed by atoms with Gasteiger partial charge in [0.1, 0.15) is 35.3 Å². The van der Waals surface area contributed by atoms with Crippen molar-refractivity contribution in [3.8, 4) is 17.8 Å². The lowest BCUT2D eigenvalue weighted by Crippen LogP contribution is -2.59. The largest absolute Gasteiger partial charge is 0.480 e. The van der Waals surface area contributed by atoms with Gasteiger partial charge in [0.25, 0.3) is 0 Å². The Morgan fingerprint density at radius 2 is 1.85 bits per heavy atom. The van der Waals surface area contributed by atoms with Crippen LogP contribution in [0.5, 0.6) is 17.8 Å². The number of hydrogen-bond acceptors (Lipinski definition) is 11. The van der Waals surface area contributed by atoms with E-state index in [9.17, 15) is 4.79 Å². The molecule has 0 spiro atoms. The maximum Gasteiger partial charge on any atom is 0.323 e. The molecule has 2 aromatic rings. The number of carbonyl (C=O) groups is 1. The third kappa shape index (κ3) is 7.92. The number of aromatic nitrogens is 2. The molecule has 11 nitrogen and oxygen atoms in total. The minimum atomic E-state index is -1.08. The average Bonchev–Trinajstić information content (AvgIpc) is 3.65. The number of hydrogen-bond donors (Lipinski definition) is 1. The van der Waals surface area contributed by atoms with E-state index in [1.54, 1.807) is 0 Å². The van der Waals surface area contributed by atoms with Crippen molar-refractivity contribution >= 4 is 23.1 Å². The number of rotatable bonds is 15. The van der Waals surface area contributed by atoms with Crippen molar-refractivity contribution < 1.29 is 33.2 Å². The van der Waals surface area contributed by atoms with Crippen molar-refractivity contribution in [1.82, 2.24) is 20.2 Å². The minimum Gasteiger partial charge on any atom is -0.480 e. The van der Waals surface area contributed by atoms with Gasteiger partial charge < -0.3 is 33.7 Å². The average molecular weight is 671 g/mol. The zero-order valence-electron chi connectivity index (χ0n) is 27.8. The van der Waals surface area contributed by atoms with Crippen molar-refractivity contribution in [3.63, 3.8) is 0 Å². The number of methoxy groups -OCH3 is 2. The van der Waals surface area contributed by atoms with Crippen LogP contribution in [-0.4, -0.2) is 104 Å². The molecule has 3 heterocycles. The van der Waals surface area contributed by atoms with E-state index in [-0.39, 0.29) is 48.9 Å². The van der Waals surface area contributed by atoms with Gasteiger partial charge in [-0.15, -0.1) is 11.6 Å². The Morgan fingerprint density at radius 1 is 1.13 bits per heavy atom. The highest BCUT2D eigenvalue weighted by Gasteiger charge is 2.56. The molecule has 3 atom stereocenters. The minimum absolute atomic E-state index is 0.0148. The molecule has 5 rings (SSSR count). The lowest BCUT2D eigenvalue weighted by molar-refractivity contribution is -0.147. The standard InChI is InChI=1S/C35H47ClN4O7/c1-25(2)35(36)28(26-11-6-5-7-12-26)13-8-15-34(35,47-20-10-17-40-18-21-44-22-19-40)24-46-33-38-30(42-3)27(31(39-33)43-4)23-45-32(41)29-14-9-16-37-29/h5-8,11-13,15,25,29,37H,9-10,14,16-24H2,1-4H3/t29-,34?,35?/m0/s1. The monoisotopic (exact) mass is 670 g/mol. The summed E-state index contributed by atoms with van der Waals surface area (Å²) < 4.78 is 35.4. The number of morpholine rings is 1. The maximum atomic E-state index is 12.6. The number of nitrogens with one attached hydrogen (secondary N) is 1. The number of ether oxygens (including phenoxy) is 6. The van der Waals surface area contributed by atoms with Gasteiger partial charge in [-0.1, -0.05) is 56.3 Å². The second kappa shape index (κ2) is 16.3. The zero-order valence-corrected chi connectivity index (χ0v) is 28.6. The summed E-state index contributed by atoms with van der Waals surface area (Å²) in [5.41, 5.74) is 1.27. The predicted octanol–water partition coefficient (Wildman–Crippen LogP) is 4.43. The summed E-state index contributed by atoms with van der Waals surface area (Å²) in [4.78, 5) is 23.0. The molecule has 1 aromatic heterocycles. The summed E-state index contributed by atoms with van der Waals surface area (Å²) in [6.45, 7) is 9.55. The quantitative estimate of drug-likeness (QED) is 0.165. The molecule has 256 valence electrons. The number of allylic oxidation sites excluding steroid dienone is 2. The molecular formula is C35H47ClN4O7. The third-order valence-electron chi connectivity index (χ3n) is 9.02. The van der Waals surface area contributed by atoms with Gasteiger partial charge in [0.2, 0.25) is 11.8 Å². The fourth-order valence-electron chi connectivity index (χ4n) is 6.46. The first-order valence-corrected chi connectivity index (χ1v) is 16.8. The SMILES string of the molecule is COc1nc(OCC2(OCCCN3CCOCC3)C=CC=C(c3ccccc3)C2(Cl)C(C)C)nc(OC)c1COC(=O)[C@@H]1CCCN1. The van der Waals surface area contributed by atoms with Crippen LogP contribution in [0.4, 0.5) is 0 Å². The maximum absolute atomic E-state index is 12.6. The molecule has 0 radical (unpaired) electrons. The van der Waals surface area contributed by atoms with Crippen LogP contribution in [0.3, 0.4) is 0 Å². The van der Waals surface area contributed by atoms with Crippen molar-refractivity contribution in [1.29, 1.82) is 0 Å². The second-order valence-corrected chi connectivity index (χ2v) is 12.9. The molecule has 3 aliphatic rings. The lowest BCUT2D eigenvalue weighted by atomic mass is 9.69. The molecular weight excluding hydrogens is 624 g/mol. The van der Waals surface area contributed by atoms with Gasteiger partial charge in [-0.3, -0.25) is 9.69 Å². The third-order valence-corrected chi connectivity index (χ3v) is 9.98. The Hall–Kier alpha value is -3.22. The van der Waals surface area contributed by atoms with Crippen LogP contribution in [-0.2, 0) is 25.6 Å². The lowest BCUT2D eigenvalue weighted by Gasteiger charge is -2.49. The first kappa shape index (κ1) is 35.1. The summed E-state index contributed by atoms with van der Waals surface area (Å²) in [7, 11) is 2.97. The second-order valence-electron chi connectivity index (χ2n) is 12.3. The highest BCUT2D eigenvalue weighted by Crippen LogP contribution is 2.52. The topological polar surface area (TPSA) is 114 Å². The first-order valence-electron chi connectivity index (χ1n) is 16.4. The van der Waals surface area contributed by atoms with Gasteiger partial charge in [0, 0.05) is 26.2 Å².